The number of amides is 2. The number of rotatable bonds is 9. The number of hydrogen-bond acceptors (Lipinski definition) is 5. The van der Waals surface area contributed by atoms with Crippen LogP contribution in [0.25, 0.3) is 0 Å². The summed E-state index contributed by atoms with van der Waals surface area (Å²) >= 11 is 12.5. The minimum atomic E-state index is -1.21. The molecule has 1 fully saturated rings. The zero-order chi connectivity index (χ0) is 27.4. The molecule has 2 aromatic rings. The van der Waals surface area contributed by atoms with Gasteiger partial charge < -0.3 is 20.1 Å². The number of aliphatic imine (C=N–C) groups is 1. The van der Waals surface area contributed by atoms with Crippen molar-refractivity contribution in [2.45, 2.75) is 58.0 Å². The Morgan fingerprint density at radius 3 is 2.28 bits per heavy atom. The second kappa shape index (κ2) is 13.6. The molecule has 2 aliphatic rings. The number of carbonyl (C=O) groups excluding carboxylic acids is 3. The van der Waals surface area contributed by atoms with Crippen molar-refractivity contribution in [3.8, 4) is 0 Å². The monoisotopic (exact) mass is 579 g/mol. The van der Waals surface area contributed by atoms with Gasteiger partial charge in [0.1, 0.15) is 11.4 Å². The van der Waals surface area contributed by atoms with Crippen LogP contribution in [-0.4, -0.2) is 47.1 Å². The van der Waals surface area contributed by atoms with Gasteiger partial charge in [0.05, 0.1) is 0 Å². The number of carbonyl (C=O) groups is 3. The van der Waals surface area contributed by atoms with Crippen molar-refractivity contribution >= 4 is 46.7 Å². The Morgan fingerprint density at radius 2 is 1.72 bits per heavy atom. The van der Waals surface area contributed by atoms with E-state index in [4.69, 9.17) is 28.2 Å². The smallest absolute Gasteiger partial charge is 0.550 e. The van der Waals surface area contributed by atoms with Crippen molar-refractivity contribution < 1.29 is 49.0 Å². The van der Waals surface area contributed by atoms with Crippen LogP contribution in [0.15, 0.2) is 47.5 Å². The quantitative estimate of drug-likeness (QED) is 0.452. The van der Waals surface area contributed by atoms with Crippen molar-refractivity contribution in [2.75, 3.05) is 13.1 Å². The maximum atomic E-state index is 13.7. The molecule has 0 unspecified atom stereocenters. The molecule has 0 aromatic heterocycles. The molecular formula is C29H32Cl2N3NaO4. The number of nitrogens with zero attached hydrogens (tertiary/aromatic N) is 2. The van der Waals surface area contributed by atoms with Crippen LogP contribution in [0.4, 0.5) is 0 Å². The van der Waals surface area contributed by atoms with E-state index in [1.165, 1.54) is 0 Å². The van der Waals surface area contributed by atoms with E-state index in [9.17, 15) is 19.5 Å². The molecule has 0 radical (unpaired) electrons. The normalized spacial score (nSPS) is 20.6. The van der Waals surface area contributed by atoms with Crippen molar-refractivity contribution in [2.24, 2.45) is 16.8 Å². The first-order chi connectivity index (χ1) is 18.1. The first-order valence-electron chi connectivity index (χ1n) is 13.0. The van der Waals surface area contributed by atoms with Gasteiger partial charge in [-0.2, -0.15) is 0 Å². The van der Waals surface area contributed by atoms with Gasteiger partial charge in [-0.15, -0.1) is 0 Å². The van der Waals surface area contributed by atoms with E-state index in [-0.39, 0.29) is 54.3 Å². The molecule has 7 nitrogen and oxygen atoms in total. The summed E-state index contributed by atoms with van der Waals surface area (Å²) in [4.78, 5) is 43.5. The SMILES string of the molecule is CC(C)C1CCC2(CC1)N=C(c1cc(Cl)cc(Cl)c1)C(=O)N2CCc1ccc(C(=O)NCCC(=O)[O-])cc1.[Na+]. The van der Waals surface area contributed by atoms with Crippen LogP contribution in [-0.2, 0) is 16.0 Å². The molecule has 39 heavy (non-hydrogen) atoms. The van der Waals surface area contributed by atoms with Gasteiger partial charge in [-0.3, -0.25) is 14.6 Å². The zero-order valence-corrected chi connectivity index (χ0v) is 26.1. The van der Waals surface area contributed by atoms with Crippen LogP contribution in [0, 0.1) is 11.8 Å². The third-order valence-electron chi connectivity index (χ3n) is 7.63. The molecule has 1 spiro atoms. The molecule has 1 heterocycles. The Kier molecular flexibility index (Phi) is 11.1. The first kappa shape index (κ1) is 31.6. The number of carboxylic acids is 1. The average Bonchev–Trinajstić information content (AvgIpc) is 3.13. The predicted octanol–water partition coefficient (Wildman–Crippen LogP) is 1.28. The Hall–Kier alpha value is -1.90. The fourth-order valence-electron chi connectivity index (χ4n) is 5.42. The minimum Gasteiger partial charge on any atom is -0.550 e. The topological polar surface area (TPSA) is 102 Å². The Balaban J connectivity index is 0.00000420. The summed E-state index contributed by atoms with van der Waals surface area (Å²) in [5.74, 6) is -0.465. The fraction of sp³-hybridized carbons (Fsp3) is 0.448. The van der Waals surface area contributed by atoms with E-state index in [0.717, 1.165) is 31.2 Å². The van der Waals surface area contributed by atoms with Crippen LogP contribution in [0.1, 0.15) is 67.4 Å². The van der Waals surface area contributed by atoms with Crippen LogP contribution < -0.4 is 40.0 Å². The van der Waals surface area contributed by atoms with Crippen molar-refractivity contribution in [3.05, 3.63) is 69.2 Å². The standard InChI is InChI=1S/C29H33Cl2N3O4.Na/c1-18(2)20-7-11-29(12-8-20)33-26(22-15-23(30)17-24(31)16-22)28(38)34(29)14-10-19-3-5-21(6-4-19)27(37)32-13-9-25(35)36;/h3-6,15-18,20H,7-14H2,1-2H3,(H,32,37)(H,35,36);/q;+1/p-1. The first-order valence-corrected chi connectivity index (χ1v) is 13.8. The molecule has 1 aliphatic heterocycles. The number of nitrogens with one attached hydrogen (secondary N) is 1. The molecule has 0 bridgehead atoms. The van der Waals surface area contributed by atoms with Gasteiger partial charge in [-0.25, -0.2) is 0 Å². The van der Waals surface area contributed by atoms with E-state index in [1.54, 1.807) is 30.3 Å². The number of halogens is 2. The molecule has 202 valence electrons. The van der Waals surface area contributed by atoms with E-state index in [2.05, 4.69) is 19.2 Å². The number of benzene rings is 2. The molecule has 10 heteroatoms. The second-order valence-electron chi connectivity index (χ2n) is 10.5. The van der Waals surface area contributed by atoms with Crippen LogP contribution in [0.5, 0.6) is 0 Å². The molecule has 1 saturated carbocycles. The van der Waals surface area contributed by atoms with Gasteiger partial charge in [-0.05, 0) is 79.8 Å². The summed E-state index contributed by atoms with van der Waals surface area (Å²) in [6.07, 6.45) is 4.01. The number of carboxylic acid groups (broad SMARTS) is 1. The van der Waals surface area contributed by atoms with E-state index < -0.39 is 11.6 Å². The molecule has 2 aromatic carbocycles. The van der Waals surface area contributed by atoms with E-state index in [0.29, 0.717) is 51.7 Å². The van der Waals surface area contributed by atoms with E-state index in [1.807, 2.05) is 17.0 Å². The third kappa shape index (κ3) is 7.65. The van der Waals surface area contributed by atoms with Crippen LogP contribution >= 0.6 is 23.2 Å². The summed E-state index contributed by atoms with van der Waals surface area (Å²) < 4.78 is 0. The average molecular weight is 580 g/mol. The summed E-state index contributed by atoms with van der Waals surface area (Å²) in [7, 11) is 0. The molecular weight excluding hydrogens is 548 g/mol. The number of hydrogen-bond donors (Lipinski definition) is 1. The Morgan fingerprint density at radius 1 is 1.10 bits per heavy atom. The van der Waals surface area contributed by atoms with Gasteiger partial charge in [0.25, 0.3) is 11.8 Å². The third-order valence-corrected chi connectivity index (χ3v) is 8.07. The summed E-state index contributed by atoms with van der Waals surface area (Å²) in [5.41, 5.74) is 1.88. The van der Waals surface area contributed by atoms with Crippen molar-refractivity contribution in [1.82, 2.24) is 10.2 Å². The molecule has 0 atom stereocenters. The molecule has 2 amide bonds. The maximum absolute atomic E-state index is 13.7. The largest absolute Gasteiger partial charge is 1.00 e. The summed E-state index contributed by atoms with van der Waals surface area (Å²) in [6.45, 7) is 5.00. The van der Waals surface area contributed by atoms with E-state index >= 15 is 0 Å². The van der Waals surface area contributed by atoms with Gasteiger partial charge in [0.15, 0.2) is 0 Å². The van der Waals surface area contributed by atoms with Crippen LogP contribution in [0.3, 0.4) is 0 Å². The van der Waals surface area contributed by atoms with Crippen molar-refractivity contribution in [1.29, 1.82) is 0 Å². The van der Waals surface area contributed by atoms with Gasteiger partial charge in [0, 0.05) is 46.7 Å². The fourth-order valence-corrected chi connectivity index (χ4v) is 5.94. The van der Waals surface area contributed by atoms with Gasteiger partial charge >= 0.3 is 29.6 Å². The van der Waals surface area contributed by atoms with Gasteiger partial charge in [0.2, 0.25) is 0 Å². The summed E-state index contributed by atoms with van der Waals surface area (Å²) in [6, 6.07) is 12.2. The molecule has 1 N–H and O–H groups in total. The van der Waals surface area contributed by atoms with Gasteiger partial charge in [-0.1, -0.05) is 49.2 Å². The predicted molar refractivity (Wildman–Crippen MR) is 146 cm³/mol. The number of aliphatic carboxylic acids is 1. The minimum absolute atomic E-state index is 0. The summed E-state index contributed by atoms with van der Waals surface area (Å²) in [5, 5.41) is 14.0. The molecule has 0 saturated heterocycles. The Labute approximate surface area is 261 Å². The molecule has 1 aliphatic carbocycles. The molecule has 4 rings (SSSR count). The Bertz CT molecular complexity index is 1220. The van der Waals surface area contributed by atoms with Crippen LogP contribution in [0.2, 0.25) is 10.0 Å². The maximum Gasteiger partial charge on any atom is 1.00 e. The zero-order valence-electron chi connectivity index (χ0n) is 22.6. The van der Waals surface area contributed by atoms with Crippen molar-refractivity contribution in [3.63, 3.8) is 0 Å². The second-order valence-corrected chi connectivity index (χ2v) is 11.3.